The maximum Gasteiger partial charge on any atom is 0.270 e. The Labute approximate surface area is 180 Å². The topological polar surface area (TPSA) is 41.6 Å². The molecule has 0 radical (unpaired) electrons. The van der Waals surface area contributed by atoms with Crippen molar-refractivity contribution in [3.8, 4) is 11.1 Å². The second-order valence-electron chi connectivity index (χ2n) is 7.90. The third-order valence-corrected chi connectivity index (χ3v) is 6.52. The number of rotatable bonds is 4. The maximum absolute atomic E-state index is 12.8. The van der Waals surface area contributed by atoms with E-state index in [0.717, 1.165) is 61.6 Å². The van der Waals surface area contributed by atoms with E-state index in [1.165, 1.54) is 11.1 Å². The number of nitrogens with zero attached hydrogens (tertiary/aromatic N) is 3. The SMILES string of the molecule is Cn1cccc1C(=O)N1CCCN(Cc2cc3cc(-c4ccsc4)ccc3o2)CC1. The highest BCUT2D eigenvalue weighted by Crippen LogP contribution is 2.28. The van der Waals surface area contributed by atoms with Gasteiger partial charge in [0.15, 0.2) is 0 Å². The lowest BCUT2D eigenvalue weighted by Gasteiger charge is -2.21. The van der Waals surface area contributed by atoms with Gasteiger partial charge in [0.05, 0.1) is 6.54 Å². The summed E-state index contributed by atoms with van der Waals surface area (Å²) in [5.74, 6) is 1.10. The van der Waals surface area contributed by atoms with Crippen molar-refractivity contribution in [3.63, 3.8) is 0 Å². The summed E-state index contributed by atoms with van der Waals surface area (Å²) in [6.45, 7) is 4.13. The van der Waals surface area contributed by atoms with E-state index in [4.69, 9.17) is 4.42 Å². The van der Waals surface area contributed by atoms with Gasteiger partial charge in [-0.2, -0.15) is 11.3 Å². The molecule has 0 saturated carbocycles. The van der Waals surface area contributed by atoms with Gasteiger partial charge in [-0.25, -0.2) is 0 Å². The summed E-state index contributed by atoms with van der Waals surface area (Å²) in [5.41, 5.74) is 4.15. The van der Waals surface area contributed by atoms with E-state index in [9.17, 15) is 4.79 Å². The Balaban J connectivity index is 1.26. The highest BCUT2D eigenvalue weighted by Gasteiger charge is 2.22. The number of carbonyl (C=O) groups is 1. The molecule has 0 N–H and O–H groups in total. The summed E-state index contributed by atoms with van der Waals surface area (Å²) in [6, 6.07) is 14.5. The van der Waals surface area contributed by atoms with Crippen LogP contribution in [0.15, 0.2) is 63.8 Å². The Kier molecular flexibility index (Phi) is 5.19. The molecule has 1 aromatic carbocycles. The molecule has 1 amide bonds. The van der Waals surface area contributed by atoms with Crippen LogP contribution in [-0.2, 0) is 13.6 Å². The third kappa shape index (κ3) is 3.80. The molecule has 4 heterocycles. The molecule has 5 rings (SSSR count). The van der Waals surface area contributed by atoms with Crippen molar-refractivity contribution in [3.05, 3.63) is 70.9 Å². The first kappa shape index (κ1) is 19.2. The van der Waals surface area contributed by atoms with Gasteiger partial charge in [0, 0.05) is 44.8 Å². The fraction of sp³-hybridized carbons (Fsp3) is 0.292. The van der Waals surface area contributed by atoms with Crippen LogP contribution in [0.1, 0.15) is 22.7 Å². The van der Waals surface area contributed by atoms with Crippen LogP contribution in [0.5, 0.6) is 0 Å². The number of aryl methyl sites for hydroxylation is 1. The number of fused-ring (bicyclic) bond motifs is 1. The zero-order valence-electron chi connectivity index (χ0n) is 17.1. The normalized spacial score (nSPS) is 15.6. The highest BCUT2D eigenvalue weighted by atomic mass is 32.1. The fourth-order valence-corrected chi connectivity index (χ4v) is 4.85. The molecule has 6 heteroatoms. The van der Waals surface area contributed by atoms with Crippen molar-refractivity contribution < 1.29 is 9.21 Å². The predicted molar refractivity (Wildman–Crippen MR) is 121 cm³/mol. The molecule has 5 nitrogen and oxygen atoms in total. The lowest BCUT2D eigenvalue weighted by Crippen LogP contribution is -2.35. The number of benzene rings is 1. The molecule has 154 valence electrons. The molecule has 0 bridgehead atoms. The van der Waals surface area contributed by atoms with Crippen LogP contribution in [-0.4, -0.2) is 46.5 Å². The van der Waals surface area contributed by atoms with Crippen LogP contribution in [0, 0.1) is 0 Å². The Hall–Kier alpha value is -2.83. The molecule has 1 aliphatic rings. The van der Waals surface area contributed by atoms with Gasteiger partial charge in [0.2, 0.25) is 0 Å². The van der Waals surface area contributed by atoms with Crippen LogP contribution in [0.3, 0.4) is 0 Å². The molecular weight excluding hydrogens is 394 g/mol. The molecule has 0 unspecified atom stereocenters. The first-order chi connectivity index (χ1) is 14.7. The van der Waals surface area contributed by atoms with Gasteiger partial charge in [0.1, 0.15) is 17.0 Å². The molecule has 4 aromatic rings. The molecule has 0 aliphatic carbocycles. The minimum absolute atomic E-state index is 0.119. The van der Waals surface area contributed by atoms with Crippen molar-refractivity contribution in [1.29, 1.82) is 0 Å². The smallest absolute Gasteiger partial charge is 0.270 e. The van der Waals surface area contributed by atoms with E-state index in [2.05, 4.69) is 46.0 Å². The van der Waals surface area contributed by atoms with Gasteiger partial charge in [-0.05, 0) is 64.7 Å². The maximum atomic E-state index is 12.8. The van der Waals surface area contributed by atoms with Crippen molar-refractivity contribution in [2.75, 3.05) is 26.2 Å². The van der Waals surface area contributed by atoms with E-state index >= 15 is 0 Å². The molecule has 3 aromatic heterocycles. The molecular formula is C24H25N3O2S. The van der Waals surface area contributed by atoms with Crippen LogP contribution < -0.4 is 0 Å². The van der Waals surface area contributed by atoms with Gasteiger partial charge in [0.25, 0.3) is 5.91 Å². The Bertz CT molecular complexity index is 1160. The van der Waals surface area contributed by atoms with Gasteiger partial charge < -0.3 is 13.9 Å². The standard InChI is InChI=1S/C24H25N3O2S/c1-25-8-2-4-22(25)24(28)27-10-3-9-26(11-12-27)16-21-15-20-14-18(5-6-23(20)29-21)19-7-13-30-17-19/h2,4-8,13-15,17H,3,9-12,16H2,1H3. The largest absolute Gasteiger partial charge is 0.460 e. The first-order valence-electron chi connectivity index (χ1n) is 10.4. The molecule has 1 fully saturated rings. The van der Waals surface area contributed by atoms with Crippen LogP contribution in [0.25, 0.3) is 22.1 Å². The van der Waals surface area contributed by atoms with Gasteiger partial charge in [-0.3, -0.25) is 9.69 Å². The average Bonchev–Trinajstić information content (AvgIpc) is 3.46. The Morgan fingerprint density at radius 1 is 1.07 bits per heavy atom. The summed E-state index contributed by atoms with van der Waals surface area (Å²) in [6.07, 6.45) is 2.89. The predicted octanol–water partition coefficient (Wildman–Crippen LogP) is 4.85. The molecule has 30 heavy (non-hydrogen) atoms. The molecule has 1 saturated heterocycles. The fourth-order valence-electron chi connectivity index (χ4n) is 4.18. The van der Waals surface area contributed by atoms with Crippen LogP contribution in [0.4, 0.5) is 0 Å². The van der Waals surface area contributed by atoms with E-state index in [1.807, 2.05) is 34.8 Å². The first-order valence-corrected chi connectivity index (χ1v) is 11.3. The molecule has 1 aliphatic heterocycles. The quantitative estimate of drug-likeness (QED) is 0.475. The Morgan fingerprint density at radius 3 is 2.80 bits per heavy atom. The van der Waals surface area contributed by atoms with Crippen molar-refractivity contribution in [1.82, 2.24) is 14.4 Å². The number of furan rings is 1. The van der Waals surface area contributed by atoms with Crippen LogP contribution >= 0.6 is 11.3 Å². The average molecular weight is 420 g/mol. The summed E-state index contributed by atoms with van der Waals surface area (Å²) >= 11 is 1.71. The van der Waals surface area contributed by atoms with Gasteiger partial charge >= 0.3 is 0 Å². The summed E-state index contributed by atoms with van der Waals surface area (Å²) < 4.78 is 8.00. The highest BCUT2D eigenvalue weighted by molar-refractivity contribution is 7.08. The van der Waals surface area contributed by atoms with Gasteiger partial charge in [-0.15, -0.1) is 0 Å². The van der Waals surface area contributed by atoms with E-state index in [-0.39, 0.29) is 5.91 Å². The number of amides is 1. The second kappa shape index (κ2) is 8.13. The van der Waals surface area contributed by atoms with Crippen molar-refractivity contribution in [2.45, 2.75) is 13.0 Å². The number of carbonyl (C=O) groups excluding carboxylic acids is 1. The summed E-state index contributed by atoms with van der Waals surface area (Å²) in [5, 5.41) is 5.41. The van der Waals surface area contributed by atoms with Crippen LogP contribution in [0.2, 0.25) is 0 Å². The summed E-state index contributed by atoms with van der Waals surface area (Å²) in [4.78, 5) is 17.2. The zero-order valence-corrected chi connectivity index (χ0v) is 17.9. The van der Waals surface area contributed by atoms with Crippen molar-refractivity contribution >= 4 is 28.2 Å². The minimum atomic E-state index is 0.119. The zero-order chi connectivity index (χ0) is 20.5. The lowest BCUT2D eigenvalue weighted by atomic mass is 10.1. The number of aromatic nitrogens is 1. The second-order valence-corrected chi connectivity index (χ2v) is 8.68. The Morgan fingerprint density at radius 2 is 2.00 bits per heavy atom. The van der Waals surface area contributed by atoms with E-state index in [0.29, 0.717) is 0 Å². The van der Waals surface area contributed by atoms with E-state index in [1.54, 1.807) is 11.3 Å². The van der Waals surface area contributed by atoms with E-state index < -0.39 is 0 Å². The summed E-state index contributed by atoms with van der Waals surface area (Å²) in [7, 11) is 1.92. The minimum Gasteiger partial charge on any atom is -0.460 e. The third-order valence-electron chi connectivity index (χ3n) is 5.84. The van der Waals surface area contributed by atoms with Gasteiger partial charge in [-0.1, -0.05) is 6.07 Å². The number of hydrogen-bond acceptors (Lipinski definition) is 4. The number of hydrogen-bond donors (Lipinski definition) is 0. The number of thiophene rings is 1. The van der Waals surface area contributed by atoms with Crippen molar-refractivity contribution in [2.24, 2.45) is 7.05 Å². The monoisotopic (exact) mass is 419 g/mol. The molecule has 0 atom stereocenters. The lowest BCUT2D eigenvalue weighted by molar-refractivity contribution is 0.0751. The molecule has 0 spiro atoms.